The minimum atomic E-state index is -0.0195. The highest BCUT2D eigenvalue weighted by Crippen LogP contribution is 2.28. The highest BCUT2D eigenvalue weighted by molar-refractivity contribution is 6.31. The molecule has 22 heavy (non-hydrogen) atoms. The molecule has 1 N–H and O–H groups in total. The van der Waals surface area contributed by atoms with E-state index in [0.29, 0.717) is 37.8 Å². The Hall–Kier alpha value is -1.14. The molecule has 0 aliphatic carbocycles. The van der Waals surface area contributed by atoms with Gasteiger partial charge >= 0.3 is 0 Å². The largest absolute Gasteiger partial charge is 0.382 e. The van der Waals surface area contributed by atoms with E-state index < -0.39 is 0 Å². The van der Waals surface area contributed by atoms with Gasteiger partial charge in [-0.1, -0.05) is 29.8 Å². The van der Waals surface area contributed by atoms with E-state index in [-0.39, 0.29) is 11.9 Å². The Bertz CT molecular complexity index is 484. The zero-order valence-corrected chi connectivity index (χ0v) is 13.6. The number of benzene rings is 1. The van der Waals surface area contributed by atoms with Gasteiger partial charge in [-0.05, 0) is 11.6 Å². The molecule has 1 aromatic carbocycles. The van der Waals surface area contributed by atoms with Crippen molar-refractivity contribution in [2.75, 3.05) is 46.6 Å². The van der Waals surface area contributed by atoms with Gasteiger partial charge in [0.15, 0.2) is 0 Å². The van der Waals surface area contributed by atoms with Crippen LogP contribution in [-0.4, -0.2) is 57.4 Å². The Labute approximate surface area is 136 Å². The Morgan fingerprint density at radius 2 is 2.18 bits per heavy atom. The van der Waals surface area contributed by atoms with E-state index >= 15 is 0 Å². The lowest BCUT2D eigenvalue weighted by Crippen LogP contribution is -2.49. The maximum Gasteiger partial charge on any atom is 0.225 e. The third kappa shape index (κ3) is 4.68. The number of halogens is 1. The number of nitrogens with one attached hydrogen (secondary N) is 1. The van der Waals surface area contributed by atoms with Gasteiger partial charge in [-0.15, -0.1) is 0 Å². The molecule has 1 aromatic rings. The number of piperazine rings is 1. The number of rotatable bonds is 7. The summed E-state index contributed by atoms with van der Waals surface area (Å²) in [5, 5.41) is 4.03. The Morgan fingerprint density at radius 1 is 1.36 bits per heavy atom. The van der Waals surface area contributed by atoms with Gasteiger partial charge < -0.3 is 19.7 Å². The first-order valence-electron chi connectivity index (χ1n) is 7.55. The summed E-state index contributed by atoms with van der Waals surface area (Å²) in [6, 6.07) is 7.68. The van der Waals surface area contributed by atoms with Crippen LogP contribution in [-0.2, 0) is 14.3 Å². The van der Waals surface area contributed by atoms with Crippen molar-refractivity contribution in [3.05, 3.63) is 34.9 Å². The molecule has 0 radical (unpaired) electrons. The number of carbonyl (C=O) groups excluding carboxylic acids is 1. The fourth-order valence-electron chi connectivity index (χ4n) is 2.57. The number of carbonyl (C=O) groups is 1. The molecule has 1 aliphatic rings. The summed E-state index contributed by atoms with van der Waals surface area (Å²) in [7, 11) is 1.63. The molecule has 6 heteroatoms. The zero-order chi connectivity index (χ0) is 15.8. The third-order valence-corrected chi connectivity index (χ3v) is 4.06. The molecule has 0 bridgehead atoms. The minimum Gasteiger partial charge on any atom is -0.382 e. The van der Waals surface area contributed by atoms with E-state index in [0.717, 1.165) is 18.7 Å². The second kappa shape index (κ2) is 9.10. The van der Waals surface area contributed by atoms with Gasteiger partial charge in [0.1, 0.15) is 0 Å². The van der Waals surface area contributed by atoms with Crippen molar-refractivity contribution in [1.82, 2.24) is 10.2 Å². The van der Waals surface area contributed by atoms with Crippen LogP contribution in [0.3, 0.4) is 0 Å². The number of methoxy groups -OCH3 is 1. The van der Waals surface area contributed by atoms with Gasteiger partial charge in [-0.2, -0.15) is 0 Å². The van der Waals surface area contributed by atoms with Crippen LogP contribution in [0.2, 0.25) is 5.02 Å². The second-order valence-corrected chi connectivity index (χ2v) is 5.59. The van der Waals surface area contributed by atoms with Crippen molar-refractivity contribution in [2.24, 2.45) is 0 Å². The summed E-state index contributed by atoms with van der Waals surface area (Å²) in [5.74, 6) is 0.101. The van der Waals surface area contributed by atoms with Crippen LogP contribution in [0.5, 0.6) is 0 Å². The predicted octanol–water partition coefficient (Wildman–Crippen LogP) is 1.87. The van der Waals surface area contributed by atoms with Crippen molar-refractivity contribution < 1.29 is 14.3 Å². The van der Waals surface area contributed by atoms with Crippen LogP contribution >= 0.6 is 11.6 Å². The molecule has 1 amide bonds. The van der Waals surface area contributed by atoms with Crippen molar-refractivity contribution in [2.45, 2.75) is 12.5 Å². The molecule has 122 valence electrons. The molecule has 1 heterocycles. The molecular weight excluding hydrogens is 304 g/mol. The average molecular weight is 327 g/mol. The quantitative estimate of drug-likeness (QED) is 0.777. The number of hydrogen-bond donors (Lipinski definition) is 1. The second-order valence-electron chi connectivity index (χ2n) is 5.18. The van der Waals surface area contributed by atoms with E-state index in [2.05, 4.69) is 5.32 Å². The molecular formula is C16H23ClN2O3. The fraction of sp³-hybridized carbons (Fsp3) is 0.562. The fourth-order valence-corrected chi connectivity index (χ4v) is 2.84. The van der Waals surface area contributed by atoms with Gasteiger partial charge in [0.05, 0.1) is 32.3 Å². The molecule has 1 unspecified atom stereocenters. The molecule has 2 rings (SSSR count). The van der Waals surface area contributed by atoms with Crippen LogP contribution in [0.4, 0.5) is 0 Å². The van der Waals surface area contributed by atoms with E-state index in [9.17, 15) is 4.79 Å². The normalized spacial score (nSPS) is 18.5. The molecule has 0 aromatic heterocycles. The molecule has 1 aliphatic heterocycles. The van der Waals surface area contributed by atoms with Crippen LogP contribution in [0.1, 0.15) is 18.0 Å². The number of nitrogens with zero attached hydrogens (tertiary/aromatic N) is 1. The van der Waals surface area contributed by atoms with E-state index in [1.165, 1.54) is 0 Å². The molecule has 1 saturated heterocycles. The van der Waals surface area contributed by atoms with Crippen LogP contribution in [0.25, 0.3) is 0 Å². The number of amides is 1. The number of hydrogen-bond acceptors (Lipinski definition) is 4. The SMILES string of the molecule is COCCOCCC(=O)N1CCNCC1c1ccccc1Cl. The van der Waals surface area contributed by atoms with Crippen LogP contribution in [0.15, 0.2) is 24.3 Å². The topological polar surface area (TPSA) is 50.8 Å². The lowest BCUT2D eigenvalue weighted by molar-refractivity contribution is -0.135. The van der Waals surface area contributed by atoms with Gasteiger partial charge in [-0.3, -0.25) is 4.79 Å². The van der Waals surface area contributed by atoms with Crippen molar-refractivity contribution in [1.29, 1.82) is 0 Å². The minimum absolute atomic E-state index is 0.0195. The Morgan fingerprint density at radius 3 is 2.95 bits per heavy atom. The summed E-state index contributed by atoms with van der Waals surface area (Å²) >= 11 is 6.28. The third-order valence-electron chi connectivity index (χ3n) is 3.72. The smallest absolute Gasteiger partial charge is 0.225 e. The lowest BCUT2D eigenvalue weighted by Gasteiger charge is -2.37. The first-order chi connectivity index (χ1) is 10.7. The van der Waals surface area contributed by atoms with Gasteiger partial charge in [-0.25, -0.2) is 0 Å². The maximum atomic E-state index is 12.5. The van der Waals surface area contributed by atoms with E-state index in [4.69, 9.17) is 21.1 Å². The van der Waals surface area contributed by atoms with Crippen molar-refractivity contribution in [3.63, 3.8) is 0 Å². The summed E-state index contributed by atoms with van der Waals surface area (Å²) in [6.45, 7) is 3.69. The predicted molar refractivity (Wildman–Crippen MR) is 86.1 cm³/mol. The van der Waals surface area contributed by atoms with Crippen LogP contribution in [0, 0.1) is 0 Å². The summed E-state index contributed by atoms with van der Waals surface area (Å²) < 4.78 is 10.3. The molecule has 1 atom stereocenters. The molecule has 0 saturated carbocycles. The summed E-state index contributed by atoms with van der Waals surface area (Å²) in [6.07, 6.45) is 0.380. The molecule has 0 spiro atoms. The Balaban J connectivity index is 1.95. The van der Waals surface area contributed by atoms with Crippen molar-refractivity contribution >= 4 is 17.5 Å². The maximum absolute atomic E-state index is 12.5. The van der Waals surface area contributed by atoms with Gasteiger partial charge in [0, 0.05) is 31.8 Å². The Kier molecular flexibility index (Phi) is 7.12. The first kappa shape index (κ1) is 17.2. The highest BCUT2D eigenvalue weighted by Gasteiger charge is 2.28. The lowest BCUT2D eigenvalue weighted by atomic mass is 10.0. The van der Waals surface area contributed by atoms with Gasteiger partial charge in [0.25, 0.3) is 0 Å². The monoisotopic (exact) mass is 326 g/mol. The average Bonchev–Trinajstić information content (AvgIpc) is 2.55. The van der Waals surface area contributed by atoms with Gasteiger partial charge in [0.2, 0.25) is 5.91 Å². The van der Waals surface area contributed by atoms with E-state index in [1.54, 1.807) is 7.11 Å². The standard InChI is InChI=1S/C16H23ClN2O3/c1-21-10-11-22-9-6-16(20)19-8-7-18-12-15(19)13-4-2-3-5-14(13)17/h2-5,15,18H,6-12H2,1H3. The summed E-state index contributed by atoms with van der Waals surface area (Å²) in [4.78, 5) is 14.4. The number of ether oxygens (including phenoxy) is 2. The van der Waals surface area contributed by atoms with Crippen LogP contribution < -0.4 is 5.32 Å². The summed E-state index contributed by atoms with van der Waals surface area (Å²) in [5.41, 5.74) is 0.991. The molecule has 5 nitrogen and oxygen atoms in total. The highest BCUT2D eigenvalue weighted by atomic mass is 35.5. The molecule has 1 fully saturated rings. The van der Waals surface area contributed by atoms with E-state index in [1.807, 2.05) is 29.2 Å². The van der Waals surface area contributed by atoms with Crippen molar-refractivity contribution in [3.8, 4) is 0 Å². The first-order valence-corrected chi connectivity index (χ1v) is 7.93. The zero-order valence-electron chi connectivity index (χ0n) is 12.9.